The first-order valence-electron chi connectivity index (χ1n) is 8.13. The van der Waals surface area contributed by atoms with Crippen LogP contribution in [-0.2, 0) is 6.54 Å². The lowest BCUT2D eigenvalue weighted by molar-refractivity contribution is 0.344. The van der Waals surface area contributed by atoms with Gasteiger partial charge in [0.05, 0.1) is 6.54 Å². The van der Waals surface area contributed by atoms with Gasteiger partial charge in [-0.1, -0.05) is 17.2 Å². The summed E-state index contributed by atoms with van der Waals surface area (Å²) in [4.78, 5) is 4.46. The first kappa shape index (κ1) is 15.8. The van der Waals surface area contributed by atoms with Crippen LogP contribution in [0, 0.1) is 12.8 Å². The third-order valence-corrected chi connectivity index (χ3v) is 4.11. The fourth-order valence-corrected chi connectivity index (χ4v) is 2.95. The van der Waals surface area contributed by atoms with Gasteiger partial charge in [-0.05, 0) is 51.1 Å². The Morgan fingerprint density at radius 3 is 3.00 bits per heavy atom. The molecule has 0 amide bonds. The average Bonchev–Trinajstić information content (AvgIpc) is 3.14. The normalized spacial score (nSPS) is 17.9. The molecular formula is C17H25N5O. The van der Waals surface area contributed by atoms with Crippen LogP contribution in [0.1, 0.15) is 17.9 Å². The Bertz CT molecular complexity index is 639. The van der Waals surface area contributed by atoms with Crippen molar-refractivity contribution in [1.29, 1.82) is 0 Å². The first-order chi connectivity index (χ1) is 11.1. The number of anilines is 2. The van der Waals surface area contributed by atoms with Gasteiger partial charge in [-0.3, -0.25) is 0 Å². The van der Waals surface area contributed by atoms with Crippen molar-refractivity contribution < 1.29 is 4.42 Å². The summed E-state index contributed by atoms with van der Waals surface area (Å²) in [5, 5.41) is 11.4. The molecule has 1 atom stereocenters. The summed E-state index contributed by atoms with van der Waals surface area (Å²) in [6.07, 6.45) is 1.18. The molecule has 1 saturated heterocycles. The second kappa shape index (κ2) is 7.00. The van der Waals surface area contributed by atoms with Crippen molar-refractivity contribution in [3.8, 4) is 0 Å². The van der Waals surface area contributed by atoms with Crippen LogP contribution < -0.4 is 10.2 Å². The Balaban J connectivity index is 1.49. The van der Waals surface area contributed by atoms with Crippen molar-refractivity contribution in [2.45, 2.75) is 19.9 Å². The Hall–Kier alpha value is -2.08. The number of nitrogens with zero attached hydrogens (tertiary/aromatic N) is 4. The molecule has 1 N–H and O–H groups in total. The monoisotopic (exact) mass is 315 g/mol. The van der Waals surface area contributed by atoms with E-state index in [-0.39, 0.29) is 0 Å². The molecule has 6 nitrogen and oxygen atoms in total. The van der Waals surface area contributed by atoms with Crippen LogP contribution in [0.3, 0.4) is 0 Å². The Morgan fingerprint density at radius 1 is 1.35 bits per heavy atom. The highest BCUT2D eigenvalue weighted by molar-refractivity contribution is 5.49. The topological polar surface area (TPSA) is 57.4 Å². The molecule has 1 aromatic carbocycles. The molecule has 0 spiro atoms. The second-order valence-electron chi connectivity index (χ2n) is 6.56. The Labute approximate surface area is 137 Å². The standard InChI is InChI=1S/C17H25N5O/c1-13-5-4-6-15(9-13)22-8-7-14(11-22)10-18-17-20-19-16(23-17)12-21(2)3/h4-6,9,14H,7-8,10-12H2,1-3H3,(H,18,20). The molecule has 0 bridgehead atoms. The molecule has 1 aromatic heterocycles. The molecule has 3 rings (SSSR count). The Morgan fingerprint density at radius 2 is 2.22 bits per heavy atom. The molecular weight excluding hydrogens is 290 g/mol. The lowest BCUT2D eigenvalue weighted by atomic mass is 10.1. The van der Waals surface area contributed by atoms with Gasteiger partial charge in [-0.15, -0.1) is 5.10 Å². The maximum absolute atomic E-state index is 5.59. The van der Waals surface area contributed by atoms with Gasteiger partial charge in [0.15, 0.2) is 0 Å². The molecule has 2 aromatic rings. The van der Waals surface area contributed by atoms with Gasteiger partial charge in [0.1, 0.15) is 0 Å². The predicted molar refractivity (Wildman–Crippen MR) is 91.7 cm³/mol. The Kier molecular flexibility index (Phi) is 4.81. The zero-order valence-corrected chi connectivity index (χ0v) is 14.1. The predicted octanol–water partition coefficient (Wildman–Crippen LogP) is 2.38. The molecule has 0 aliphatic carbocycles. The number of rotatable bonds is 6. The molecule has 1 unspecified atom stereocenters. The summed E-state index contributed by atoms with van der Waals surface area (Å²) >= 11 is 0. The number of aromatic nitrogens is 2. The second-order valence-corrected chi connectivity index (χ2v) is 6.56. The summed E-state index contributed by atoms with van der Waals surface area (Å²) < 4.78 is 5.59. The number of hydrogen-bond donors (Lipinski definition) is 1. The van der Waals surface area contributed by atoms with E-state index < -0.39 is 0 Å². The van der Waals surface area contributed by atoms with E-state index >= 15 is 0 Å². The molecule has 6 heteroatoms. The highest BCUT2D eigenvalue weighted by Crippen LogP contribution is 2.24. The van der Waals surface area contributed by atoms with Crippen LogP contribution in [0.5, 0.6) is 0 Å². The van der Waals surface area contributed by atoms with Gasteiger partial charge in [0.2, 0.25) is 5.89 Å². The fraction of sp³-hybridized carbons (Fsp3) is 0.529. The third kappa shape index (κ3) is 4.22. The maximum Gasteiger partial charge on any atom is 0.315 e. The minimum absolute atomic E-state index is 0.524. The van der Waals surface area contributed by atoms with E-state index in [1.807, 2.05) is 19.0 Å². The molecule has 1 aliphatic rings. The van der Waals surface area contributed by atoms with E-state index in [1.165, 1.54) is 17.7 Å². The van der Waals surface area contributed by atoms with Gasteiger partial charge in [-0.25, -0.2) is 0 Å². The fourth-order valence-electron chi connectivity index (χ4n) is 2.95. The molecule has 23 heavy (non-hydrogen) atoms. The molecule has 0 radical (unpaired) electrons. The van der Waals surface area contributed by atoms with E-state index in [0.29, 0.717) is 24.4 Å². The average molecular weight is 315 g/mol. The number of nitrogens with one attached hydrogen (secondary N) is 1. The smallest absolute Gasteiger partial charge is 0.315 e. The van der Waals surface area contributed by atoms with Crippen LogP contribution in [0.25, 0.3) is 0 Å². The molecule has 1 fully saturated rings. The minimum atomic E-state index is 0.524. The molecule has 0 saturated carbocycles. The van der Waals surface area contributed by atoms with Crippen LogP contribution in [0.2, 0.25) is 0 Å². The highest BCUT2D eigenvalue weighted by Gasteiger charge is 2.23. The zero-order valence-electron chi connectivity index (χ0n) is 14.1. The largest absolute Gasteiger partial charge is 0.407 e. The van der Waals surface area contributed by atoms with Gasteiger partial charge in [-0.2, -0.15) is 0 Å². The van der Waals surface area contributed by atoms with Crippen molar-refractivity contribution >= 4 is 11.7 Å². The summed E-state index contributed by atoms with van der Waals surface area (Å²) in [5.41, 5.74) is 2.63. The SMILES string of the molecule is Cc1cccc(N2CCC(CNc3nnc(CN(C)C)o3)C2)c1. The number of hydrogen-bond acceptors (Lipinski definition) is 6. The lowest BCUT2D eigenvalue weighted by Gasteiger charge is -2.19. The molecule has 2 heterocycles. The van der Waals surface area contributed by atoms with Crippen LogP contribution in [0.4, 0.5) is 11.7 Å². The summed E-state index contributed by atoms with van der Waals surface area (Å²) in [7, 11) is 3.96. The summed E-state index contributed by atoms with van der Waals surface area (Å²) in [6, 6.07) is 9.23. The van der Waals surface area contributed by atoms with Crippen LogP contribution in [-0.4, -0.2) is 48.8 Å². The van der Waals surface area contributed by atoms with E-state index in [1.54, 1.807) is 0 Å². The maximum atomic E-state index is 5.59. The van der Waals surface area contributed by atoms with E-state index in [9.17, 15) is 0 Å². The lowest BCUT2D eigenvalue weighted by Crippen LogP contribution is -2.22. The van der Waals surface area contributed by atoms with Gasteiger partial charge < -0.3 is 19.5 Å². The summed E-state index contributed by atoms with van der Waals surface area (Å²) in [6.45, 7) is 5.84. The van der Waals surface area contributed by atoms with Crippen molar-refractivity contribution in [2.24, 2.45) is 5.92 Å². The number of benzene rings is 1. The first-order valence-corrected chi connectivity index (χ1v) is 8.13. The van der Waals surface area contributed by atoms with Gasteiger partial charge >= 0.3 is 6.01 Å². The van der Waals surface area contributed by atoms with Crippen molar-refractivity contribution in [3.05, 3.63) is 35.7 Å². The van der Waals surface area contributed by atoms with E-state index in [0.717, 1.165) is 19.6 Å². The highest BCUT2D eigenvalue weighted by atomic mass is 16.4. The quantitative estimate of drug-likeness (QED) is 0.883. The molecule has 124 valence electrons. The zero-order chi connectivity index (χ0) is 16.2. The van der Waals surface area contributed by atoms with Crippen LogP contribution in [0.15, 0.2) is 28.7 Å². The summed E-state index contributed by atoms with van der Waals surface area (Å²) in [5.74, 6) is 1.24. The minimum Gasteiger partial charge on any atom is -0.407 e. The van der Waals surface area contributed by atoms with Crippen molar-refractivity contribution in [3.63, 3.8) is 0 Å². The number of aryl methyl sites for hydroxylation is 1. The van der Waals surface area contributed by atoms with Gasteiger partial charge in [0.25, 0.3) is 0 Å². The third-order valence-electron chi connectivity index (χ3n) is 4.11. The van der Waals surface area contributed by atoms with E-state index in [2.05, 4.69) is 51.6 Å². The van der Waals surface area contributed by atoms with Crippen molar-refractivity contribution in [1.82, 2.24) is 15.1 Å². The molecule has 1 aliphatic heterocycles. The van der Waals surface area contributed by atoms with Crippen LogP contribution >= 0.6 is 0 Å². The van der Waals surface area contributed by atoms with E-state index in [4.69, 9.17) is 4.42 Å². The van der Waals surface area contributed by atoms with Gasteiger partial charge in [0, 0.05) is 25.3 Å². The van der Waals surface area contributed by atoms with Crippen molar-refractivity contribution in [2.75, 3.05) is 43.9 Å².